The largest absolute Gasteiger partial charge is 0.304 e. The van der Waals surface area contributed by atoms with Crippen LogP contribution in [0.3, 0.4) is 0 Å². The maximum Gasteiger partial charge on any atom is 0.195 e. The minimum atomic E-state index is 0.433. The van der Waals surface area contributed by atoms with E-state index in [1.165, 1.54) is 0 Å². The van der Waals surface area contributed by atoms with Crippen LogP contribution in [-0.4, -0.2) is 39.3 Å². The molecule has 1 saturated heterocycles. The summed E-state index contributed by atoms with van der Waals surface area (Å²) in [5, 5.41) is 7.40. The topological polar surface area (TPSA) is 36.9 Å². The third-order valence-corrected chi connectivity index (χ3v) is 4.57. The van der Waals surface area contributed by atoms with Crippen LogP contribution in [0.15, 0.2) is 30.3 Å². The van der Waals surface area contributed by atoms with Crippen molar-refractivity contribution in [1.82, 2.24) is 19.7 Å². The zero-order valence-corrected chi connectivity index (χ0v) is 12.7. The molecule has 1 aromatic heterocycles. The number of aromatic amines is 1. The first-order valence-electron chi connectivity index (χ1n) is 7.09. The van der Waals surface area contributed by atoms with E-state index in [4.69, 9.17) is 12.2 Å². The van der Waals surface area contributed by atoms with Crippen LogP contribution in [0.1, 0.15) is 25.8 Å². The lowest BCUT2D eigenvalue weighted by molar-refractivity contribution is 0.157. The van der Waals surface area contributed by atoms with E-state index in [1.807, 2.05) is 18.2 Å². The summed E-state index contributed by atoms with van der Waals surface area (Å²) in [5.74, 6) is 0.956. The quantitative estimate of drug-likeness (QED) is 0.862. The van der Waals surface area contributed by atoms with Crippen molar-refractivity contribution in [2.45, 2.75) is 31.8 Å². The summed E-state index contributed by atoms with van der Waals surface area (Å²) < 4.78 is 2.93. The molecule has 2 unspecified atom stereocenters. The Morgan fingerprint density at radius 1 is 1.30 bits per heavy atom. The van der Waals surface area contributed by atoms with E-state index in [1.54, 1.807) is 0 Å². The van der Waals surface area contributed by atoms with Crippen molar-refractivity contribution < 1.29 is 0 Å². The Bertz CT molecular complexity index is 631. The van der Waals surface area contributed by atoms with Gasteiger partial charge < -0.3 is 4.90 Å². The molecule has 4 nitrogen and oxygen atoms in total. The molecule has 1 aromatic carbocycles. The van der Waals surface area contributed by atoms with Crippen LogP contribution >= 0.6 is 12.2 Å². The molecule has 0 bridgehead atoms. The van der Waals surface area contributed by atoms with Gasteiger partial charge in [0.2, 0.25) is 0 Å². The first kappa shape index (κ1) is 13.5. The smallest absolute Gasteiger partial charge is 0.195 e. The van der Waals surface area contributed by atoms with Gasteiger partial charge in [0.25, 0.3) is 0 Å². The number of hydrogen-bond donors (Lipinski definition) is 1. The van der Waals surface area contributed by atoms with E-state index in [9.17, 15) is 0 Å². The molecule has 2 aromatic rings. The molecule has 0 spiro atoms. The molecular weight excluding hydrogens is 268 g/mol. The summed E-state index contributed by atoms with van der Waals surface area (Å²) in [6.45, 7) is 3.38. The molecule has 1 aliphatic rings. The van der Waals surface area contributed by atoms with E-state index < -0.39 is 0 Å². The fraction of sp³-hybridized carbons (Fsp3) is 0.467. The van der Waals surface area contributed by atoms with Crippen molar-refractivity contribution in [2.75, 3.05) is 13.6 Å². The second kappa shape index (κ2) is 5.50. The summed E-state index contributed by atoms with van der Waals surface area (Å²) in [5.41, 5.74) is 1.12. The lowest BCUT2D eigenvalue weighted by Gasteiger charge is -2.35. The van der Waals surface area contributed by atoms with Gasteiger partial charge in [0.15, 0.2) is 10.6 Å². The van der Waals surface area contributed by atoms with Crippen LogP contribution in [0.5, 0.6) is 0 Å². The van der Waals surface area contributed by atoms with Crippen LogP contribution < -0.4 is 0 Å². The van der Waals surface area contributed by atoms with Crippen molar-refractivity contribution in [3.05, 3.63) is 35.1 Å². The van der Waals surface area contributed by atoms with Crippen molar-refractivity contribution in [2.24, 2.45) is 0 Å². The summed E-state index contributed by atoms with van der Waals surface area (Å²) in [6, 6.07) is 11.3. The maximum atomic E-state index is 5.45. The molecule has 1 aliphatic heterocycles. The van der Waals surface area contributed by atoms with Crippen LogP contribution in [0.4, 0.5) is 0 Å². The second-order valence-electron chi connectivity index (χ2n) is 5.60. The number of nitrogens with zero attached hydrogens (tertiary/aromatic N) is 3. The molecule has 2 atom stereocenters. The number of nitrogens with one attached hydrogen (secondary N) is 1. The Kier molecular flexibility index (Phi) is 3.72. The highest BCUT2D eigenvalue weighted by Crippen LogP contribution is 2.30. The SMILES string of the molecule is CC1CC(n2c(-c3ccccc3)n[nH]c2=S)CCN1C. The summed E-state index contributed by atoms with van der Waals surface area (Å²) >= 11 is 5.45. The van der Waals surface area contributed by atoms with Crippen molar-refractivity contribution in [1.29, 1.82) is 0 Å². The number of H-pyrrole nitrogens is 1. The number of hydrogen-bond acceptors (Lipinski definition) is 3. The van der Waals surface area contributed by atoms with Crippen LogP contribution in [-0.2, 0) is 0 Å². The highest BCUT2D eigenvalue weighted by Gasteiger charge is 2.26. The Labute approximate surface area is 124 Å². The van der Waals surface area contributed by atoms with Crippen molar-refractivity contribution in [3.8, 4) is 11.4 Å². The normalized spacial score (nSPS) is 23.9. The fourth-order valence-electron chi connectivity index (χ4n) is 2.93. The highest BCUT2D eigenvalue weighted by atomic mass is 32.1. The van der Waals surface area contributed by atoms with Crippen LogP contribution in [0.25, 0.3) is 11.4 Å². The fourth-order valence-corrected chi connectivity index (χ4v) is 3.21. The van der Waals surface area contributed by atoms with Gasteiger partial charge in [-0.2, -0.15) is 5.10 Å². The molecule has 1 fully saturated rings. The Morgan fingerprint density at radius 3 is 2.75 bits per heavy atom. The van der Waals surface area contributed by atoms with E-state index in [-0.39, 0.29) is 0 Å². The number of rotatable bonds is 2. The molecule has 0 radical (unpaired) electrons. The molecular formula is C15H20N4S. The van der Waals surface area contributed by atoms with Crippen molar-refractivity contribution >= 4 is 12.2 Å². The molecule has 5 heteroatoms. The summed E-state index contributed by atoms with van der Waals surface area (Å²) in [6.07, 6.45) is 2.23. The van der Waals surface area contributed by atoms with E-state index in [2.05, 4.69) is 45.8 Å². The van der Waals surface area contributed by atoms with Crippen LogP contribution in [0, 0.1) is 4.77 Å². The zero-order valence-electron chi connectivity index (χ0n) is 11.9. The molecule has 0 amide bonds. The monoisotopic (exact) mass is 288 g/mol. The number of piperidine rings is 1. The van der Waals surface area contributed by atoms with Gasteiger partial charge in [-0.25, -0.2) is 0 Å². The lowest BCUT2D eigenvalue weighted by atomic mass is 9.98. The minimum absolute atomic E-state index is 0.433. The van der Waals surface area contributed by atoms with Gasteiger partial charge in [0, 0.05) is 24.2 Å². The van der Waals surface area contributed by atoms with Gasteiger partial charge in [0.05, 0.1) is 0 Å². The molecule has 0 aliphatic carbocycles. The number of benzene rings is 1. The zero-order chi connectivity index (χ0) is 14.1. The molecule has 2 heterocycles. The van der Waals surface area contributed by atoms with Gasteiger partial charge >= 0.3 is 0 Å². The molecule has 1 N–H and O–H groups in total. The standard InChI is InChI=1S/C15H20N4S/c1-11-10-13(8-9-18(11)2)19-14(16-17-15(19)20)12-6-4-3-5-7-12/h3-7,11,13H,8-10H2,1-2H3,(H,17,20). The van der Waals surface area contributed by atoms with Crippen molar-refractivity contribution in [3.63, 3.8) is 0 Å². The Morgan fingerprint density at radius 2 is 2.05 bits per heavy atom. The van der Waals surface area contributed by atoms with E-state index >= 15 is 0 Å². The third-order valence-electron chi connectivity index (χ3n) is 4.28. The van der Waals surface area contributed by atoms with Gasteiger partial charge in [-0.05, 0) is 39.0 Å². The van der Waals surface area contributed by atoms with Gasteiger partial charge in [-0.15, -0.1) is 0 Å². The summed E-state index contributed by atoms with van der Waals surface area (Å²) in [7, 11) is 2.19. The number of likely N-dealkylation sites (tertiary alicyclic amines) is 1. The maximum absolute atomic E-state index is 5.45. The molecule has 20 heavy (non-hydrogen) atoms. The first-order valence-corrected chi connectivity index (χ1v) is 7.50. The lowest BCUT2D eigenvalue weighted by Crippen LogP contribution is -2.38. The van der Waals surface area contributed by atoms with Gasteiger partial charge in [-0.3, -0.25) is 9.67 Å². The molecule has 3 rings (SSSR count). The highest BCUT2D eigenvalue weighted by molar-refractivity contribution is 7.71. The Hall–Kier alpha value is -1.46. The summed E-state index contributed by atoms with van der Waals surface area (Å²) in [4.78, 5) is 2.41. The van der Waals surface area contributed by atoms with Crippen LogP contribution in [0.2, 0.25) is 0 Å². The van der Waals surface area contributed by atoms with E-state index in [0.717, 1.165) is 35.5 Å². The van der Waals surface area contributed by atoms with E-state index in [0.29, 0.717) is 12.1 Å². The first-order chi connectivity index (χ1) is 9.66. The van der Waals surface area contributed by atoms with Gasteiger partial charge in [-0.1, -0.05) is 30.3 Å². The third kappa shape index (κ3) is 2.43. The molecule has 0 saturated carbocycles. The predicted octanol–water partition coefficient (Wildman–Crippen LogP) is 3.26. The number of aromatic nitrogens is 3. The molecule has 106 valence electrons. The average molecular weight is 288 g/mol. The minimum Gasteiger partial charge on any atom is -0.304 e. The average Bonchev–Trinajstić information content (AvgIpc) is 2.85. The second-order valence-corrected chi connectivity index (χ2v) is 5.98. The predicted molar refractivity (Wildman–Crippen MR) is 83.2 cm³/mol. The van der Waals surface area contributed by atoms with Gasteiger partial charge in [0.1, 0.15) is 0 Å². The Balaban J connectivity index is 1.98.